The molecule has 5 heteroatoms. The predicted octanol–water partition coefficient (Wildman–Crippen LogP) is 3.65. The van der Waals surface area contributed by atoms with Crippen LogP contribution >= 0.6 is 11.6 Å². The minimum Gasteiger partial charge on any atom is -0.492 e. The van der Waals surface area contributed by atoms with Crippen molar-refractivity contribution in [2.24, 2.45) is 0 Å². The summed E-state index contributed by atoms with van der Waals surface area (Å²) in [5, 5.41) is 0.666. The van der Waals surface area contributed by atoms with Gasteiger partial charge in [-0.3, -0.25) is 4.79 Å². The number of ether oxygens (including phenoxy) is 2. The molecule has 0 N–H and O–H groups in total. The largest absolute Gasteiger partial charge is 0.492 e. The van der Waals surface area contributed by atoms with Gasteiger partial charge in [0.15, 0.2) is 0 Å². The maximum atomic E-state index is 12.5. The van der Waals surface area contributed by atoms with Crippen molar-refractivity contribution in [2.75, 3.05) is 26.8 Å². The Kier molecular flexibility index (Phi) is 5.06. The van der Waals surface area contributed by atoms with Crippen LogP contribution in [0, 0.1) is 0 Å². The van der Waals surface area contributed by atoms with Gasteiger partial charge in [0.05, 0.1) is 12.1 Å². The van der Waals surface area contributed by atoms with E-state index >= 15 is 0 Å². The molecule has 4 nitrogen and oxygen atoms in total. The van der Waals surface area contributed by atoms with Crippen LogP contribution in [0.2, 0.25) is 5.02 Å². The SMILES string of the molecule is CN(CCOc1ccc(Cl)cc1)C(=O)C1=Cc2ccccc2OC1. The summed E-state index contributed by atoms with van der Waals surface area (Å²) in [7, 11) is 1.76. The van der Waals surface area contributed by atoms with Gasteiger partial charge in [0.2, 0.25) is 0 Å². The number of para-hydroxylation sites is 1. The summed E-state index contributed by atoms with van der Waals surface area (Å²) in [6.45, 7) is 1.19. The molecule has 2 aromatic carbocycles. The zero-order valence-corrected chi connectivity index (χ0v) is 14.1. The van der Waals surface area contributed by atoms with E-state index in [4.69, 9.17) is 21.1 Å². The maximum Gasteiger partial charge on any atom is 0.253 e. The average molecular weight is 344 g/mol. The molecule has 1 amide bonds. The minimum atomic E-state index is -0.0517. The highest BCUT2D eigenvalue weighted by atomic mass is 35.5. The van der Waals surface area contributed by atoms with E-state index < -0.39 is 0 Å². The monoisotopic (exact) mass is 343 g/mol. The summed E-state index contributed by atoms with van der Waals surface area (Å²) in [4.78, 5) is 14.1. The topological polar surface area (TPSA) is 38.8 Å². The smallest absolute Gasteiger partial charge is 0.253 e. The number of amides is 1. The van der Waals surface area contributed by atoms with Gasteiger partial charge in [-0.25, -0.2) is 0 Å². The summed E-state index contributed by atoms with van der Waals surface area (Å²) in [5.74, 6) is 1.49. The number of rotatable bonds is 5. The number of halogens is 1. The molecule has 0 aromatic heterocycles. The number of hydrogen-bond donors (Lipinski definition) is 0. The second-order valence-electron chi connectivity index (χ2n) is 5.53. The Labute approximate surface area is 146 Å². The van der Waals surface area contributed by atoms with Crippen LogP contribution < -0.4 is 9.47 Å². The molecule has 0 saturated carbocycles. The fourth-order valence-corrected chi connectivity index (χ4v) is 2.54. The van der Waals surface area contributed by atoms with Crippen molar-refractivity contribution in [3.8, 4) is 11.5 Å². The summed E-state index contributed by atoms with van der Waals surface area (Å²) in [6, 6.07) is 14.8. The molecule has 1 aliphatic heterocycles. The molecule has 0 saturated heterocycles. The van der Waals surface area contributed by atoms with Crippen LogP contribution in [0.5, 0.6) is 11.5 Å². The quantitative estimate of drug-likeness (QED) is 0.831. The number of hydrogen-bond acceptors (Lipinski definition) is 3. The molecular weight excluding hydrogens is 326 g/mol. The van der Waals surface area contributed by atoms with Gasteiger partial charge in [-0.1, -0.05) is 29.8 Å². The van der Waals surface area contributed by atoms with Crippen LogP contribution in [-0.2, 0) is 4.79 Å². The van der Waals surface area contributed by atoms with Crippen molar-refractivity contribution in [3.63, 3.8) is 0 Å². The highest BCUT2D eigenvalue weighted by Gasteiger charge is 2.19. The summed E-state index contributed by atoms with van der Waals surface area (Å²) < 4.78 is 11.3. The third kappa shape index (κ3) is 3.89. The van der Waals surface area contributed by atoms with Crippen LogP contribution in [0.15, 0.2) is 54.1 Å². The Morgan fingerprint density at radius 1 is 1.21 bits per heavy atom. The molecule has 0 bridgehead atoms. The van der Waals surface area contributed by atoms with E-state index in [9.17, 15) is 4.79 Å². The molecule has 2 aromatic rings. The Balaban J connectivity index is 1.55. The number of nitrogens with zero attached hydrogens (tertiary/aromatic N) is 1. The Morgan fingerprint density at radius 2 is 1.96 bits per heavy atom. The fraction of sp³-hybridized carbons (Fsp3) is 0.211. The first kappa shape index (κ1) is 16.4. The highest BCUT2D eigenvalue weighted by molar-refractivity contribution is 6.30. The van der Waals surface area contributed by atoms with Crippen molar-refractivity contribution in [1.29, 1.82) is 0 Å². The Morgan fingerprint density at radius 3 is 2.75 bits per heavy atom. The molecular formula is C19H18ClNO3. The van der Waals surface area contributed by atoms with Gasteiger partial charge >= 0.3 is 0 Å². The first-order chi connectivity index (χ1) is 11.6. The third-order valence-electron chi connectivity index (χ3n) is 3.76. The standard InChI is InChI=1S/C19H18ClNO3/c1-21(10-11-23-17-8-6-16(20)7-9-17)19(22)15-12-14-4-2-3-5-18(14)24-13-15/h2-9,12H,10-11,13H2,1H3. The number of fused-ring (bicyclic) bond motifs is 1. The molecule has 0 atom stereocenters. The highest BCUT2D eigenvalue weighted by Crippen LogP contribution is 2.26. The normalized spacial score (nSPS) is 12.7. The zero-order valence-electron chi connectivity index (χ0n) is 13.4. The first-order valence-electron chi connectivity index (χ1n) is 7.70. The zero-order chi connectivity index (χ0) is 16.9. The molecule has 0 radical (unpaired) electrons. The first-order valence-corrected chi connectivity index (χ1v) is 8.07. The second kappa shape index (κ2) is 7.41. The number of likely N-dealkylation sites (N-methyl/N-ethyl adjacent to an activating group) is 1. The molecule has 3 rings (SSSR count). The molecule has 0 aliphatic carbocycles. The van der Waals surface area contributed by atoms with E-state index in [1.54, 1.807) is 36.2 Å². The van der Waals surface area contributed by atoms with E-state index in [1.807, 2.05) is 30.3 Å². The summed E-state index contributed by atoms with van der Waals surface area (Å²) in [5.41, 5.74) is 1.57. The third-order valence-corrected chi connectivity index (χ3v) is 4.01. The van der Waals surface area contributed by atoms with Gasteiger partial charge in [0.25, 0.3) is 5.91 Å². The van der Waals surface area contributed by atoms with Crippen molar-refractivity contribution in [2.45, 2.75) is 0 Å². The fourth-order valence-electron chi connectivity index (χ4n) is 2.42. The number of benzene rings is 2. The lowest BCUT2D eigenvalue weighted by Crippen LogP contribution is -2.34. The lowest BCUT2D eigenvalue weighted by Gasteiger charge is -2.22. The maximum absolute atomic E-state index is 12.5. The average Bonchev–Trinajstić information content (AvgIpc) is 2.62. The van der Waals surface area contributed by atoms with E-state index in [0.29, 0.717) is 23.7 Å². The van der Waals surface area contributed by atoms with E-state index in [-0.39, 0.29) is 12.5 Å². The van der Waals surface area contributed by atoms with Gasteiger partial charge in [-0.05, 0) is 36.4 Å². The van der Waals surface area contributed by atoms with Crippen LogP contribution in [0.1, 0.15) is 5.56 Å². The van der Waals surface area contributed by atoms with E-state index in [2.05, 4.69) is 0 Å². The van der Waals surface area contributed by atoms with Crippen LogP contribution in [0.3, 0.4) is 0 Å². The number of carbonyl (C=O) groups excluding carboxylic acids is 1. The Hall–Kier alpha value is -2.46. The Bertz CT molecular complexity index is 755. The molecule has 0 spiro atoms. The van der Waals surface area contributed by atoms with Gasteiger partial charge in [-0.15, -0.1) is 0 Å². The molecule has 24 heavy (non-hydrogen) atoms. The second-order valence-corrected chi connectivity index (χ2v) is 5.96. The van der Waals surface area contributed by atoms with Crippen LogP contribution in [-0.4, -0.2) is 37.6 Å². The predicted molar refractivity (Wildman–Crippen MR) is 94.5 cm³/mol. The van der Waals surface area contributed by atoms with Crippen LogP contribution in [0.4, 0.5) is 0 Å². The van der Waals surface area contributed by atoms with Crippen molar-refractivity contribution >= 4 is 23.6 Å². The summed E-state index contributed by atoms with van der Waals surface area (Å²) >= 11 is 5.83. The van der Waals surface area contributed by atoms with Crippen molar-refractivity contribution in [3.05, 3.63) is 64.7 Å². The van der Waals surface area contributed by atoms with Gasteiger partial charge in [0, 0.05) is 17.6 Å². The number of carbonyl (C=O) groups is 1. The summed E-state index contributed by atoms with van der Waals surface area (Å²) in [6.07, 6.45) is 1.89. The van der Waals surface area contributed by atoms with Gasteiger partial charge < -0.3 is 14.4 Å². The lowest BCUT2D eigenvalue weighted by atomic mass is 10.1. The molecule has 0 fully saturated rings. The van der Waals surface area contributed by atoms with E-state index in [1.165, 1.54) is 0 Å². The van der Waals surface area contributed by atoms with Crippen molar-refractivity contribution < 1.29 is 14.3 Å². The minimum absolute atomic E-state index is 0.0517. The lowest BCUT2D eigenvalue weighted by molar-refractivity contribution is -0.126. The van der Waals surface area contributed by atoms with Crippen LogP contribution in [0.25, 0.3) is 6.08 Å². The van der Waals surface area contributed by atoms with Gasteiger partial charge in [0.1, 0.15) is 24.7 Å². The van der Waals surface area contributed by atoms with Gasteiger partial charge in [-0.2, -0.15) is 0 Å². The van der Waals surface area contributed by atoms with E-state index in [0.717, 1.165) is 17.1 Å². The molecule has 0 unspecified atom stereocenters. The van der Waals surface area contributed by atoms with Crippen molar-refractivity contribution in [1.82, 2.24) is 4.90 Å². The molecule has 1 heterocycles. The molecule has 1 aliphatic rings. The molecule has 124 valence electrons.